The molecule has 0 aromatic heterocycles. The van der Waals surface area contributed by atoms with Crippen molar-refractivity contribution in [1.82, 2.24) is 4.90 Å². The summed E-state index contributed by atoms with van der Waals surface area (Å²) in [6, 6.07) is 6.27. The van der Waals surface area contributed by atoms with Gasteiger partial charge in [0.05, 0.1) is 13.7 Å². The lowest BCUT2D eigenvalue weighted by Gasteiger charge is -2.09. The van der Waals surface area contributed by atoms with Crippen LogP contribution in [-0.2, 0) is 4.84 Å². The van der Waals surface area contributed by atoms with Crippen LogP contribution in [0.1, 0.15) is 5.56 Å². The summed E-state index contributed by atoms with van der Waals surface area (Å²) in [5, 5.41) is 4.15. The first-order chi connectivity index (χ1) is 8.61. The van der Waals surface area contributed by atoms with Crippen molar-refractivity contribution >= 4 is 17.3 Å². The summed E-state index contributed by atoms with van der Waals surface area (Å²) < 4.78 is 0. The number of fused-ring (bicyclic) bond motifs is 1. The topological polar surface area (TPSA) is 41.3 Å². The van der Waals surface area contributed by atoms with Crippen LogP contribution in [0.2, 0.25) is 0 Å². The molecule has 0 amide bonds. The minimum Gasteiger partial charge on any atom is -0.308 e. The lowest BCUT2D eigenvalue weighted by molar-refractivity contribution is -0.954. The summed E-state index contributed by atoms with van der Waals surface area (Å²) in [7, 11) is 5.78. The molecule has 1 aromatic carbocycles. The molecule has 5 nitrogen and oxygen atoms in total. The van der Waals surface area contributed by atoms with Crippen molar-refractivity contribution in [2.24, 2.45) is 4.99 Å². The molecule has 1 aliphatic rings. The summed E-state index contributed by atoms with van der Waals surface area (Å²) in [4.78, 5) is 12.1. The Morgan fingerprint density at radius 3 is 2.83 bits per heavy atom. The van der Waals surface area contributed by atoms with E-state index in [4.69, 9.17) is 4.84 Å². The Balaban J connectivity index is 2.17. The van der Waals surface area contributed by atoms with Crippen LogP contribution in [0.4, 0.5) is 11.4 Å². The zero-order chi connectivity index (χ0) is 13.1. The number of nitrogens with one attached hydrogen (secondary N) is 2. The highest BCUT2D eigenvalue weighted by atomic mass is 16.7. The van der Waals surface area contributed by atoms with Crippen molar-refractivity contribution in [3.8, 4) is 0 Å². The number of aliphatic imine (C=N–C) groups is 1. The first-order valence-corrected chi connectivity index (χ1v) is 6.10. The number of quaternary nitrogens is 1. The fraction of sp³-hybridized carbons (Fsp3) is 0.462. The molecule has 98 valence electrons. The smallest absolute Gasteiger partial charge is 0.308 e. The van der Waals surface area contributed by atoms with Crippen LogP contribution in [-0.4, -0.2) is 45.2 Å². The Morgan fingerprint density at radius 1 is 1.39 bits per heavy atom. The molecule has 2 N–H and O–H groups in total. The van der Waals surface area contributed by atoms with Gasteiger partial charge >= 0.3 is 5.96 Å². The maximum absolute atomic E-state index is 5.47. The van der Waals surface area contributed by atoms with Gasteiger partial charge < -0.3 is 4.90 Å². The molecule has 1 heterocycles. The lowest BCUT2D eigenvalue weighted by Crippen LogP contribution is -3.08. The molecule has 0 bridgehead atoms. The number of nitrogens with zero attached hydrogens (tertiary/aromatic N) is 2. The van der Waals surface area contributed by atoms with Gasteiger partial charge in [0, 0.05) is 12.6 Å². The Kier molecular flexibility index (Phi) is 3.96. The van der Waals surface area contributed by atoms with E-state index in [1.54, 1.807) is 7.11 Å². The highest BCUT2D eigenvalue weighted by Crippen LogP contribution is 2.22. The maximum atomic E-state index is 5.47. The Labute approximate surface area is 108 Å². The number of rotatable bonds is 4. The van der Waals surface area contributed by atoms with Crippen molar-refractivity contribution in [2.75, 3.05) is 39.6 Å². The second kappa shape index (κ2) is 5.48. The molecule has 0 saturated heterocycles. The molecular formula is C13H21N4O+. The van der Waals surface area contributed by atoms with E-state index in [1.807, 2.05) is 14.1 Å². The van der Waals surface area contributed by atoms with Crippen LogP contribution in [0.5, 0.6) is 0 Å². The highest BCUT2D eigenvalue weighted by Gasteiger charge is 2.32. The van der Waals surface area contributed by atoms with Crippen molar-refractivity contribution in [3.63, 3.8) is 0 Å². The van der Waals surface area contributed by atoms with E-state index in [0.717, 1.165) is 35.5 Å². The molecule has 1 aromatic rings. The highest BCUT2D eigenvalue weighted by molar-refractivity contribution is 5.96. The van der Waals surface area contributed by atoms with Gasteiger partial charge in [-0.3, -0.25) is 5.32 Å². The van der Waals surface area contributed by atoms with Crippen LogP contribution < -0.4 is 10.4 Å². The first kappa shape index (κ1) is 13.0. The molecule has 1 unspecified atom stereocenters. The number of guanidine groups is 1. The molecule has 0 saturated carbocycles. The van der Waals surface area contributed by atoms with Crippen LogP contribution in [0, 0.1) is 6.92 Å². The Hall–Kier alpha value is -1.43. The number of hydroxylamine groups is 1. The van der Waals surface area contributed by atoms with Crippen molar-refractivity contribution in [1.29, 1.82) is 0 Å². The van der Waals surface area contributed by atoms with Gasteiger partial charge in [0.25, 0.3) is 0 Å². The monoisotopic (exact) mass is 249 g/mol. The summed E-state index contributed by atoms with van der Waals surface area (Å²) in [5.74, 6) is 0.833. The van der Waals surface area contributed by atoms with Gasteiger partial charge in [0.15, 0.2) is 5.69 Å². The van der Waals surface area contributed by atoms with E-state index in [9.17, 15) is 0 Å². The summed E-state index contributed by atoms with van der Waals surface area (Å²) in [6.45, 7) is 3.77. The molecule has 1 aliphatic heterocycles. The number of aryl methyl sites for hydroxylation is 1. The predicted octanol–water partition coefficient (Wildman–Crippen LogP) is 0.416. The largest absolute Gasteiger partial charge is 0.339 e. The van der Waals surface area contributed by atoms with Gasteiger partial charge in [-0.25, -0.2) is 4.99 Å². The Bertz CT molecular complexity index is 456. The van der Waals surface area contributed by atoms with Crippen molar-refractivity contribution in [3.05, 3.63) is 23.8 Å². The number of likely N-dealkylation sites (N-methyl/N-ethyl adjacent to an activating group) is 1. The van der Waals surface area contributed by atoms with Crippen molar-refractivity contribution < 1.29 is 9.90 Å². The third-order valence-electron chi connectivity index (χ3n) is 2.91. The average Bonchev–Trinajstić information content (AvgIpc) is 2.65. The molecule has 18 heavy (non-hydrogen) atoms. The van der Waals surface area contributed by atoms with Crippen LogP contribution in [0.25, 0.3) is 0 Å². The van der Waals surface area contributed by atoms with E-state index < -0.39 is 0 Å². The van der Waals surface area contributed by atoms with E-state index in [1.165, 1.54) is 5.56 Å². The van der Waals surface area contributed by atoms with Gasteiger partial charge in [-0.05, 0) is 32.6 Å². The normalized spacial score (nSPS) is 20.3. The van der Waals surface area contributed by atoms with E-state index in [2.05, 4.69) is 40.3 Å². The molecule has 0 fully saturated rings. The quantitative estimate of drug-likeness (QED) is 0.812. The summed E-state index contributed by atoms with van der Waals surface area (Å²) >= 11 is 0. The number of hydrogen-bond donors (Lipinski definition) is 2. The fourth-order valence-electron chi connectivity index (χ4n) is 1.95. The van der Waals surface area contributed by atoms with Gasteiger partial charge in [-0.1, -0.05) is 11.1 Å². The average molecular weight is 249 g/mol. The van der Waals surface area contributed by atoms with Crippen molar-refractivity contribution in [2.45, 2.75) is 6.92 Å². The molecule has 0 radical (unpaired) electrons. The standard InChI is InChI=1S/C13H20N4O/c1-10-5-6-11-12(9-10)17(18-4)13(15-11)14-7-8-16(2)3/h5-6,9H,7-8H2,1-4H3,(H,14,15)/p+1. The second-order valence-corrected chi connectivity index (χ2v) is 4.74. The predicted molar refractivity (Wildman–Crippen MR) is 73.3 cm³/mol. The van der Waals surface area contributed by atoms with Gasteiger partial charge in [-0.15, -0.1) is 0 Å². The molecule has 0 spiro atoms. The zero-order valence-corrected chi connectivity index (χ0v) is 11.4. The minimum absolute atomic E-state index is 0.759. The zero-order valence-electron chi connectivity index (χ0n) is 11.4. The third kappa shape index (κ3) is 2.69. The van der Waals surface area contributed by atoms with E-state index >= 15 is 0 Å². The molecule has 2 rings (SSSR count). The number of hydrogen-bond acceptors (Lipinski definition) is 3. The Morgan fingerprint density at radius 2 is 2.17 bits per heavy atom. The number of anilines is 1. The molecule has 1 atom stereocenters. The van der Waals surface area contributed by atoms with Crippen LogP contribution in [0.3, 0.4) is 0 Å². The molecular weight excluding hydrogens is 228 g/mol. The third-order valence-corrected chi connectivity index (χ3v) is 2.91. The number of benzene rings is 1. The van der Waals surface area contributed by atoms with Crippen LogP contribution >= 0.6 is 0 Å². The summed E-state index contributed by atoms with van der Waals surface area (Å²) in [5.41, 5.74) is 3.39. The summed E-state index contributed by atoms with van der Waals surface area (Å²) in [6.07, 6.45) is 0. The first-order valence-electron chi connectivity index (χ1n) is 6.10. The van der Waals surface area contributed by atoms with Crippen LogP contribution in [0.15, 0.2) is 23.2 Å². The maximum Gasteiger partial charge on any atom is 0.339 e. The van der Waals surface area contributed by atoms with E-state index in [-0.39, 0.29) is 0 Å². The molecule has 5 heteroatoms. The fourth-order valence-corrected chi connectivity index (χ4v) is 1.95. The van der Waals surface area contributed by atoms with Gasteiger partial charge in [-0.2, -0.15) is 4.84 Å². The van der Waals surface area contributed by atoms with Gasteiger partial charge in [0.1, 0.15) is 5.69 Å². The lowest BCUT2D eigenvalue weighted by atomic mass is 10.2. The second-order valence-electron chi connectivity index (χ2n) is 4.74. The van der Waals surface area contributed by atoms with Gasteiger partial charge in [0.2, 0.25) is 0 Å². The SMILES string of the molecule is CO[NH+]1C(=NCCN(C)C)Nc2ccc(C)cc21. The molecule has 0 aliphatic carbocycles. The van der Waals surface area contributed by atoms with E-state index in [0.29, 0.717) is 0 Å². The minimum atomic E-state index is 0.759.